The zero-order chi connectivity index (χ0) is 17.1. The number of aromatic nitrogens is 1. The van der Waals surface area contributed by atoms with Gasteiger partial charge < -0.3 is 10.2 Å². The molecule has 2 heterocycles. The van der Waals surface area contributed by atoms with Crippen molar-refractivity contribution in [1.82, 2.24) is 9.88 Å². The first kappa shape index (κ1) is 16.6. The fourth-order valence-corrected chi connectivity index (χ4v) is 3.44. The first-order valence-corrected chi connectivity index (χ1v) is 8.63. The quantitative estimate of drug-likeness (QED) is 0.928. The predicted molar refractivity (Wildman–Crippen MR) is 90.5 cm³/mol. The van der Waals surface area contributed by atoms with Crippen LogP contribution >= 0.6 is 11.3 Å². The van der Waals surface area contributed by atoms with Gasteiger partial charge in [-0.1, -0.05) is 0 Å². The van der Waals surface area contributed by atoms with E-state index >= 15 is 0 Å². The number of nitrogens with one attached hydrogen (secondary N) is 1. The highest BCUT2D eigenvalue weighted by Gasteiger charge is 2.29. The third kappa shape index (κ3) is 3.79. The molecule has 0 spiro atoms. The Morgan fingerprint density at radius 3 is 2.75 bits per heavy atom. The molecule has 1 aliphatic rings. The van der Waals surface area contributed by atoms with E-state index in [4.69, 9.17) is 0 Å². The summed E-state index contributed by atoms with van der Waals surface area (Å²) in [4.78, 5) is 31.7. The minimum absolute atomic E-state index is 0.110. The van der Waals surface area contributed by atoms with Gasteiger partial charge in [0, 0.05) is 29.7 Å². The number of nitrogens with zero attached hydrogens (tertiary/aromatic N) is 2. The van der Waals surface area contributed by atoms with Crippen molar-refractivity contribution in [3.8, 4) is 0 Å². The summed E-state index contributed by atoms with van der Waals surface area (Å²) < 4.78 is 13.0. The number of rotatable bonds is 3. The van der Waals surface area contributed by atoms with Crippen molar-refractivity contribution in [1.29, 1.82) is 0 Å². The smallest absolute Gasteiger partial charge is 0.253 e. The first-order chi connectivity index (χ1) is 11.5. The number of halogens is 1. The zero-order valence-electron chi connectivity index (χ0n) is 13.3. The lowest BCUT2D eigenvalue weighted by atomic mass is 9.96. The summed E-state index contributed by atoms with van der Waals surface area (Å²) in [5, 5.41) is 3.40. The SMILES string of the molecule is Cc1cnc(NC(=O)C2CCCN(C(=O)c3ccc(F)cc3)C2)s1. The van der Waals surface area contributed by atoms with Crippen molar-refractivity contribution < 1.29 is 14.0 Å². The summed E-state index contributed by atoms with van der Waals surface area (Å²) in [7, 11) is 0. The van der Waals surface area contributed by atoms with Gasteiger partial charge in [0.15, 0.2) is 5.13 Å². The van der Waals surface area contributed by atoms with Crippen LogP contribution in [0.15, 0.2) is 30.5 Å². The lowest BCUT2D eigenvalue weighted by Crippen LogP contribution is -2.43. The summed E-state index contributed by atoms with van der Waals surface area (Å²) in [5.41, 5.74) is 0.438. The number of carbonyl (C=O) groups is 2. The summed E-state index contributed by atoms with van der Waals surface area (Å²) in [6, 6.07) is 5.48. The van der Waals surface area contributed by atoms with Gasteiger partial charge in [-0.05, 0) is 44.0 Å². The topological polar surface area (TPSA) is 62.3 Å². The Bertz CT molecular complexity index is 745. The van der Waals surface area contributed by atoms with Gasteiger partial charge in [0.2, 0.25) is 5.91 Å². The maximum atomic E-state index is 13.0. The highest BCUT2D eigenvalue weighted by atomic mass is 32.1. The van der Waals surface area contributed by atoms with Crippen LogP contribution in [-0.4, -0.2) is 34.8 Å². The molecular weight excluding hydrogens is 329 g/mol. The van der Waals surface area contributed by atoms with E-state index in [1.165, 1.54) is 35.6 Å². The number of hydrogen-bond acceptors (Lipinski definition) is 4. The molecule has 0 radical (unpaired) electrons. The molecule has 1 atom stereocenters. The van der Waals surface area contributed by atoms with E-state index in [1.54, 1.807) is 11.1 Å². The van der Waals surface area contributed by atoms with Gasteiger partial charge in [0.1, 0.15) is 5.82 Å². The van der Waals surface area contributed by atoms with E-state index in [2.05, 4.69) is 10.3 Å². The van der Waals surface area contributed by atoms with Crippen molar-refractivity contribution in [2.75, 3.05) is 18.4 Å². The average Bonchev–Trinajstić information content (AvgIpc) is 3.00. The van der Waals surface area contributed by atoms with Gasteiger partial charge in [-0.15, -0.1) is 11.3 Å². The van der Waals surface area contributed by atoms with Crippen LogP contribution in [0.1, 0.15) is 28.1 Å². The largest absolute Gasteiger partial charge is 0.338 e. The van der Waals surface area contributed by atoms with Crippen molar-refractivity contribution in [3.63, 3.8) is 0 Å². The van der Waals surface area contributed by atoms with Gasteiger partial charge in [-0.2, -0.15) is 0 Å². The molecular formula is C17H18FN3O2S. The summed E-state index contributed by atoms with van der Waals surface area (Å²) in [6.45, 7) is 2.90. The van der Waals surface area contributed by atoms with E-state index in [1.807, 2.05) is 6.92 Å². The van der Waals surface area contributed by atoms with Crippen LogP contribution in [-0.2, 0) is 4.79 Å². The van der Waals surface area contributed by atoms with Gasteiger partial charge in [-0.25, -0.2) is 9.37 Å². The minimum Gasteiger partial charge on any atom is -0.338 e. The van der Waals surface area contributed by atoms with E-state index in [-0.39, 0.29) is 23.5 Å². The Hall–Kier alpha value is -2.28. The molecule has 126 valence electrons. The Labute approximate surface area is 143 Å². The third-order valence-corrected chi connectivity index (χ3v) is 4.85. The highest BCUT2D eigenvalue weighted by Crippen LogP contribution is 2.22. The first-order valence-electron chi connectivity index (χ1n) is 7.81. The Morgan fingerprint density at radius 2 is 2.08 bits per heavy atom. The van der Waals surface area contributed by atoms with E-state index in [0.29, 0.717) is 23.8 Å². The molecule has 0 saturated carbocycles. The maximum absolute atomic E-state index is 13.0. The minimum atomic E-state index is -0.374. The molecule has 2 aromatic rings. The number of thiazole rings is 1. The molecule has 1 unspecified atom stereocenters. The van der Waals surface area contributed by atoms with E-state index < -0.39 is 0 Å². The molecule has 1 saturated heterocycles. The predicted octanol–water partition coefficient (Wildman–Crippen LogP) is 3.08. The van der Waals surface area contributed by atoms with Crippen LogP contribution < -0.4 is 5.32 Å². The lowest BCUT2D eigenvalue weighted by molar-refractivity contribution is -0.121. The second-order valence-corrected chi connectivity index (χ2v) is 7.10. The number of carbonyl (C=O) groups excluding carboxylic acids is 2. The standard InChI is InChI=1S/C17H18FN3O2S/c1-11-9-19-17(24-11)20-15(22)13-3-2-8-21(10-13)16(23)12-4-6-14(18)7-5-12/h4-7,9,13H,2-3,8,10H2,1H3,(H,19,20,22). The van der Waals surface area contributed by atoms with Gasteiger partial charge in [-0.3, -0.25) is 9.59 Å². The van der Waals surface area contributed by atoms with Crippen LogP contribution in [0.25, 0.3) is 0 Å². The second kappa shape index (κ2) is 7.09. The Balaban J connectivity index is 1.64. The number of piperidine rings is 1. The number of benzene rings is 1. The van der Waals surface area contributed by atoms with Crippen molar-refractivity contribution >= 4 is 28.3 Å². The fraction of sp³-hybridized carbons (Fsp3) is 0.353. The van der Waals surface area contributed by atoms with E-state index in [9.17, 15) is 14.0 Å². The van der Waals surface area contributed by atoms with Gasteiger partial charge in [0.25, 0.3) is 5.91 Å². The van der Waals surface area contributed by atoms with Crippen LogP contribution in [0.3, 0.4) is 0 Å². The third-order valence-electron chi connectivity index (χ3n) is 4.02. The van der Waals surface area contributed by atoms with E-state index in [0.717, 1.165) is 17.7 Å². The Morgan fingerprint density at radius 1 is 1.33 bits per heavy atom. The Kier molecular flexibility index (Phi) is 4.89. The molecule has 0 aliphatic carbocycles. The number of hydrogen-bond donors (Lipinski definition) is 1. The molecule has 1 aliphatic heterocycles. The monoisotopic (exact) mass is 347 g/mol. The molecule has 7 heteroatoms. The molecule has 24 heavy (non-hydrogen) atoms. The zero-order valence-corrected chi connectivity index (χ0v) is 14.1. The molecule has 1 aromatic heterocycles. The molecule has 3 rings (SSSR count). The summed E-state index contributed by atoms with van der Waals surface area (Å²) >= 11 is 1.43. The lowest BCUT2D eigenvalue weighted by Gasteiger charge is -2.32. The van der Waals surface area contributed by atoms with Crippen LogP contribution in [0.2, 0.25) is 0 Å². The van der Waals surface area contributed by atoms with Crippen LogP contribution in [0.5, 0.6) is 0 Å². The number of anilines is 1. The van der Waals surface area contributed by atoms with Crippen molar-refractivity contribution in [2.45, 2.75) is 19.8 Å². The van der Waals surface area contributed by atoms with Crippen LogP contribution in [0.4, 0.5) is 9.52 Å². The van der Waals surface area contributed by atoms with Gasteiger partial charge >= 0.3 is 0 Å². The van der Waals surface area contributed by atoms with Crippen LogP contribution in [0, 0.1) is 18.7 Å². The molecule has 0 bridgehead atoms. The average molecular weight is 347 g/mol. The molecule has 5 nitrogen and oxygen atoms in total. The van der Waals surface area contributed by atoms with Crippen molar-refractivity contribution in [3.05, 3.63) is 46.7 Å². The highest BCUT2D eigenvalue weighted by molar-refractivity contribution is 7.15. The summed E-state index contributed by atoms with van der Waals surface area (Å²) in [5.74, 6) is -0.910. The molecule has 1 fully saturated rings. The second-order valence-electron chi connectivity index (χ2n) is 5.86. The molecule has 1 N–H and O–H groups in total. The summed E-state index contributed by atoms with van der Waals surface area (Å²) in [6.07, 6.45) is 3.22. The molecule has 2 amide bonds. The normalized spacial score (nSPS) is 17.6. The maximum Gasteiger partial charge on any atom is 0.253 e. The molecule has 1 aromatic carbocycles. The van der Waals surface area contributed by atoms with Gasteiger partial charge in [0.05, 0.1) is 5.92 Å². The number of amides is 2. The van der Waals surface area contributed by atoms with Crippen molar-refractivity contribution in [2.24, 2.45) is 5.92 Å². The fourth-order valence-electron chi connectivity index (χ4n) is 2.77. The number of aryl methyl sites for hydroxylation is 1. The number of likely N-dealkylation sites (tertiary alicyclic amines) is 1.